The Morgan fingerprint density at radius 1 is 0.833 bits per heavy atom. The number of hydrogen-bond acceptors (Lipinski definition) is 2. The Morgan fingerprint density at radius 2 is 1.60 bits per heavy atom. The van der Waals surface area contributed by atoms with Gasteiger partial charge in [-0.2, -0.15) is 0 Å². The summed E-state index contributed by atoms with van der Waals surface area (Å²) in [7, 11) is 0. The molecule has 0 spiro atoms. The molecular weight excluding hydrogens is 395 g/mol. The van der Waals surface area contributed by atoms with E-state index in [4.69, 9.17) is 12.2 Å². The van der Waals surface area contributed by atoms with E-state index in [9.17, 15) is 4.39 Å². The third-order valence-corrected chi connectivity index (χ3v) is 5.64. The number of anilines is 1. The van der Waals surface area contributed by atoms with Crippen LogP contribution in [0.25, 0.3) is 5.69 Å². The second-order valence-electron chi connectivity index (χ2n) is 7.11. The van der Waals surface area contributed by atoms with Crippen LogP contribution < -0.4 is 10.2 Å². The molecule has 5 rings (SSSR count). The fourth-order valence-corrected chi connectivity index (χ4v) is 4.34. The van der Waals surface area contributed by atoms with Gasteiger partial charge in [-0.25, -0.2) is 4.39 Å². The predicted molar refractivity (Wildman–Crippen MR) is 120 cm³/mol. The number of para-hydroxylation sites is 1. The Bertz CT molecular complexity index is 1160. The highest BCUT2D eigenvalue weighted by molar-refractivity contribution is 7.80. The van der Waals surface area contributed by atoms with Crippen molar-refractivity contribution in [2.24, 2.45) is 0 Å². The number of rotatable bonds is 4. The Labute approximate surface area is 179 Å². The Morgan fingerprint density at radius 3 is 2.33 bits per heavy atom. The van der Waals surface area contributed by atoms with Crippen molar-refractivity contribution in [3.05, 3.63) is 115 Å². The number of aromatic nitrogens is 2. The van der Waals surface area contributed by atoms with E-state index >= 15 is 0 Å². The number of halogens is 1. The summed E-state index contributed by atoms with van der Waals surface area (Å²) in [5, 5.41) is 4.02. The van der Waals surface area contributed by atoms with Gasteiger partial charge in [0.1, 0.15) is 11.9 Å². The maximum absolute atomic E-state index is 13.6. The summed E-state index contributed by atoms with van der Waals surface area (Å²) in [6, 6.07) is 26.3. The van der Waals surface area contributed by atoms with Crippen LogP contribution in [0.2, 0.25) is 0 Å². The lowest BCUT2D eigenvalue weighted by molar-refractivity contribution is 0.549. The zero-order chi connectivity index (χ0) is 20.5. The molecule has 0 amide bonds. The average Bonchev–Trinajstić information content (AvgIpc) is 3.40. The smallest absolute Gasteiger partial charge is 0.174 e. The molecule has 0 saturated carbocycles. The number of nitrogens with one attached hydrogen (secondary N) is 1. The molecule has 1 saturated heterocycles. The minimum atomic E-state index is -0.276. The first-order valence-electron chi connectivity index (χ1n) is 9.71. The van der Waals surface area contributed by atoms with Gasteiger partial charge in [-0.3, -0.25) is 4.98 Å². The minimum Gasteiger partial charge on any atom is -0.351 e. The SMILES string of the molecule is Fc1ccc(N2C(=S)N[C@H](c3ccccn3)[C@H]2c2cccn2-c2ccccc2)cc1. The van der Waals surface area contributed by atoms with Crippen molar-refractivity contribution in [3.63, 3.8) is 0 Å². The van der Waals surface area contributed by atoms with Gasteiger partial charge in [-0.05, 0) is 72.9 Å². The maximum Gasteiger partial charge on any atom is 0.174 e. The van der Waals surface area contributed by atoms with Gasteiger partial charge in [0.25, 0.3) is 0 Å². The van der Waals surface area contributed by atoms with Crippen molar-refractivity contribution < 1.29 is 4.39 Å². The molecule has 0 bridgehead atoms. The molecule has 0 radical (unpaired) electrons. The number of pyridine rings is 1. The summed E-state index contributed by atoms with van der Waals surface area (Å²) in [5.41, 5.74) is 3.86. The largest absolute Gasteiger partial charge is 0.351 e. The van der Waals surface area contributed by atoms with Gasteiger partial charge in [0.15, 0.2) is 5.11 Å². The molecule has 4 nitrogen and oxygen atoms in total. The summed E-state index contributed by atoms with van der Waals surface area (Å²) in [6.45, 7) is 0. The minimum absolute atomic E-state index is 0.152. The second-order valence-corrected chi connectivity index (χ2v) is 7.50. The van der Waals surface area contributed by atoms with Crippen LogP contribution in [-0.4, -0.2) is 14.7 Å². The van der Waals surface area contributed by atoms with E-state index in [1.54, 1.807) is 18.3 Å². The summed E-state index contributed by atoms with van der Waals surface area (Å²) >= 11 is 5.73. The lowest BCUT2D eigenvalue weighted by Crippen LogP contribution is -2.30. The molecule has 1 aliphatic rings. The third-order valence-electron chi connectivity index (χ3n) is 5.32. The van der Waals surface area contributed by atoms with E-state index < -0.39 is 0 Å². The molecule has 0 aliphatic carbocycles. The van der Waals surface area contributed by atoms with Crippen LogP contribution in [0.5, 0.6) is 0 Å². The lowest BCUT2D eigenvalue weighted by atomic mass is 10.0. The Balaban J connectivity index is 1.67. The van der Waals surface area contributed by atoms with Crippen molar-refractivity contribution >= 4 is 23.0 Å². The first-order valence-corrected chi connectivity index (χ1v) is 10.1. The molecule has 1 aliphatic heterocycles. The predicted octanol–water partition coefficient (Wildman–Crippen LogP) is 5.19. The molecule has 2 aromatic carbocycles. The molecule has 0 unspecified atom stereocenters. The first kappa shape index (κ1) is 18.5. The van der Waals surface area contributed by atoms with Gasteiger partial charge in [0.05, 0.1) is 11.7 Å². The molecule has 4 aromatic rings. The number of hydrogen-bond donors (Lipinski definition) is 1. The summed E-state index contributed by atoms with van der Waals surface area (Å²) in [5.74, 6) is -0.276. The summed E-state index contributed by atoms with van der Waals surface area (Å²) < 4.78 is 15.7. The van der Waals surface area contributed by atoms with E-state index in [2.05, 4.69) is 33.1 Å². The molecule has 2 atom stereocenters. The number of thiocarbonyl (C=S) groups is 1. The van der Waals surface area contributed by atoms with Gasteiger partial charge >= 0.3 is 0 Å². The molecule has 148 valence electrons. The maximum atomic E-state index is 13.6. The van der Waals surface area contributed by atoms with Crippen molar-refractivity contribution in [1.29, 1.82) is 0 Å². The zero-order valence-electron chi connectivity index (χ0n) is 16.0. The molecule has 3 heterocycles. The molecule has 6 heteroatoms. The topological polar surface area (TPSA) is 33.1 Å². The lowest BCUT2D eigenvalue weighted by Gasteiger charge is -2.29. The van der Waals surface area contributed by atoms with Crippen LogP contribution >= 0.6 is 12.2 Å². The number of benzene rings is 2. The highest BCUT2D eigenvalue weighted by Crippen LogP contribution is 2.42. The highest BCUT2D eigenvalue weighted by atomic mass is 32.1. The van der Waals surface area contributed by atoms with Crippen molar-refractivity contribution in [1.82, 2.24) is 14.9 Å². The average molecular weight is 415 g/mol. The number of nitrogens with zero attached hydrogens (tertiary/aromatic N) is 3. The fourth-order valence-electron chi connectivity index (χ4n) is 3.99. The molecule has 1 fully saturated rings. The van der Waals surface area contributed by atoms with Crippen LogP contribution in [0.15, 0.2) is 97.3 Å². The van der Waals surface area contributed by atoms with Crippen molar-refractivity contribution in [2.75, 3.05) is 4.90 Å². The summed E-state index contributed by atoms with van der Waals surface area (Å²) in [4.78, 5) is 6.63. The van der Waals surface area contributed by atoms with Gasteiger partial charge in [0, 0.05) is 29.5 Å². The monoisotopic (exact) mass is 414 g/mol. The van der Waals surface area contributed by atoms with E-state index in [0.717, 1.165) is 22.8 Å². The van der Waals surface area contributed by atoms with Crippen LogP contribution in [0.3, 0.4) is 0 Å². The van der Waals surface area contributed by atoms with Crippen LogP contribution in [0.1, 0.15) is 23.5 Å². The third kappa shape index (κ3) is 3.25. The van der Waals surface area contributed by atoms with Gasteiger partial charge in [0.2, 0.25) is 0 Å². The molecule has 30 heavy (non-hydrogen) atoms. The van der Waals surface area contributed by atoms with Crippen LogP contribution in [0.4, 0.5) is 10.1 Å². The van der Waals surface area contributed by atoms with Gasteiger partial charge in [-0.15, -0.1) is 0 Å². The van der Waals surface area contributed by atoms with E-state index in [-0.39, 0.29) is 17.9 Å². The molecule has 2 aromatic heterocycles. The molecular formula is C24H19FN4S. The standard InChI is InChI=1S/C24H19FN4S/c25-17-11-13-19(14-12-17)29-23(22(27-24(29)30)20-9-4-5-15-26-20)21-10-6-16-28(21)18-7-2-1-3-8-18/h1-16,22-23H,(H,27,30)/t22-,23-/m1/s1. The van der Waals surface area contributed by atoms with E-state index in [1.165, 1.54) is 12.1 Å². The van der Waals surface area contributed by atoms with E-state index in [0.29, 0.717) is 5.11 Å². The van der Waals surface area contributed by atoms with Gasteiger partial charge in [-0.1, -0.05) is 24.3 Å². The highest BCUT2D eigenvalue weighted by Gasteiger charge is 2.42. The fraction of sp³-hybridized carbons (Fsp3) is 0.0833. The first-order chi connectivity index (χ1) is 14.7. The van der Waals surface area contributed by atoms with Gasteiger partial charge < -0.3 is 14.8 Å². The van der Waals surface area contributed by atoms with Crippen molar-refractivity contribution in [3.8, 4) is 5.69 Å². The quantitative estimate of drug-likeness (QED) is 0.466. The zero-order valence-corrected chi connectivity index (χ0v) is 16.8. The van der Waals surface area contributed by atoms with Crippen LogP contribution in [-0.2, 0) is 0 Å². The Hall–Kier alpha value is -3.51. The summed E-state index contributed by atoms with van der Waals surface area (Å²) in [6.07, 6.45) is 3.83. The van der Waals surface area contributed by atoms with E-state index in [1.807, 2.05) is 53.6 Å². The van der Waals surface area contributed by atoms with Crippen LogP contribution in [0, 0.1) is 5.82 Å². The molecule has 1 N–H and O–H groups in total. The second kappa shape index (κ2) is 7.72. The Kier molecular flexibility index (Phi) is 4.77. The van der Waals surface area contributed by atoms with Crippen molar-refractivity contribution in [2.45, 2.75) is 12.1 Å². The normalized spacial score (nSPS) is 18.4.